The van der Waals surface area contributed by atoms with Gasteiger partial charge in [-0.1, -0.05) is 31.2 Å². The molecule has 0 aromatic heterocycles. The number of hydrogen-bond acceptors (Lipinski definition) is 2. The fourth-order valence-corrected chi connectivity index (χ4v) is 1.94. The Labute approximate surface area is 114 Å². The van der Waals surface area contributed by atoms with E-state index in [1.165, 1.54) is 10.5 Å². The summed E-state index contributed by atoms with van der Waals surface area (Å²) < 4.78 is 0. The Morgan fingerprint density at radius 1 is 1.26 bits per heavy atom. The second kappa shape index (κ2) is 6.92. The molecule has 1 aromatic rings. The average molecular weight is 263 g/mol. The Balaban J connectivity index is 2.77. The first-order valence-electron chi connectivity index (χ1n) is 6.53. The topological polar surface area (TPSA) is 57.6 Å². The molecule has 0 aliphatic rings. The van der Waals surface area contributed by atoms with Gasteiger partial charge >= 0.3 is 5.97 Å². The van der Waals surface area contributed by atoms with Crippen LogP contribution in [0.2, 0.25) is 0 Å². The van der Waals surface area contributed by atoms with Gasteiger partial charge in [0.1, 0.15) is 6.54 Å². The van der Waals surface area contributed by atoms with Gasteiger partial charge in [-0.25, -0.2) is 0 Å². The third-order valence-electron chi connectivity index (χ3n) is 3.00. The molecule has 4 heteroatoms. The Hall–Kier alpha value is -1.84. The van der Waals surface area contributed by atoms with Gasteiger partial charge in [-0.3, -0.25) is 9.59 Å². The molecule has 0 atom stereocenters. The molecule has 4 nitrogen and oxygen atoms in total. The Morgan fingerprint density at radius 3 is 2.42 bits per heavy atom. The number of aryl methyl sites for hydroxylation is 1. The van der Waals surface area contributed by atoms with Crippen LogP contribution in [0.25, 0.3) is 0 Å². The van der Waals surface area contributed by atoms with Crippen LogP contribution in [-0.2, 0) is 22.4 Å². The molecule has 104 valence electrons. The van der Waals surface area contributed by atoms with Gasteiger partial charge in [-0.2, -0.15) is 0 Å². The summed E-state index contributed by atoms with van der Waals surface area (Å²) in [6, 6.07) is 7.73. The highest BCUT2D eigenvalue weighted by molar-refractivity contribution is 5.83. The second-order valence-electron chi connectivity index (χ2n) is 4.86. The van der Waals surface area contributed by atoms with Gasteiger partial charge in [-0.05, 0) is 31.4 Å². The number of carbonyl (C=O) groups excluding carboxylic acids is 1. The van der Waals surface area contributed by atoms with Gasteiger partial charge in [0.15, 0.2) is 0 Å². The lowest BCUT2D eigenvalue weighted by Gasteiger charge is -2.25. The van der Waals surface area contributed by atoms with E-state index in [9.17, 15) is 9.59 Å². The minimum atomic E-state index is -0.982. The van der Waals surface area contributed by atoms with E-state index in [-0.39, 0.29) is 24.9 Å². The smallest absolute Gasteiger partial charge is 0.323 e. The summed E-state index contributed by atoms with van der Waals surface area (Å²) in [5.74, 6) is -1.13. The van der Waals surface area contributed by atoms with Gasteiger partial charge in [0.05, 0.1) is 6.42 Å². The van der Waals surface area contributed by atoms with Crippen molar-refractivity contribution in [3.63, 3.8) is 0 Å². The third kappa shape index (κ3) is 4.73. The number of carbonyl (C=O) groups is 2. The molecule has 0 spiro atoms. The molecule has 0 bridgehead atoms. The van der Waals surface area contributed by atoms with Crippen molar-refractivity contribution in [1.82, 2.24) is 4.90 Å². The quantitative estimate of drug-likeness (QED) is 0.855. The number of amides is 1. The van der Waals surface area contributed by atoms with Crippen molar-refractivity contribution in [2.75, 3.05) is 6.54 Å². The number of nitrogens with zero attached hydrogens (tertiary/aromatic N) is 1. The predicted octanol–water partition coefficient (Wildman–Crippen LogP) is 2.11. The lowest BCUT2D eigenvalue weighted by molar-refractivity contribution is -0.145. The summed E-state index contributed by atoms with van der Waals surface area (Å²) in [6.07, 6.45) is 1.17. The molecule has 1 aromatic carbocycles. The van der Waals surface area contributed by atoms with Crippen LogP contribution in [0.5, 0.6) is 0 Å². The molecule has 1 N–H and O–H groups in total. The molecule has 0 aliphatic heterocycles. The SMILES string of the molecule is CCc1cccc(CC(=O)N(CC(=O)O)C(C)C)c1. The summed E-state index contributed by atoms with van der Waals surface area (Å²) >= 11 is 0. The van der Waals surface area contributed by atoms with E-state index >= 15 is 0 Å². The Bertz CT molecular complexity index is 454. The van der Waals surface area contributed by atoms with Gasteiger partial charge in [0.25, 0.3) is 0 Å². The third-order valence-corrected chi connectivity index (χ3v) is 3.00. The minimum absolute atomic E-state index is 0.113. The van der Waals surface area contributed by atoms with E-state index in [1.807, 2.05) is 38.1 Å². The largest absolute Gasteiger partial charge is 0.480 e. The highest BCUT2D eigenvalue weighted by Gasteiger charge is 2.19. The fourth-order valence-electron chi connectivity index (χ4n) is 1.94. The number of carboxylic acid groups (broad SMARTS) is 1. The van der Waals surface area contributed by atoms with Crippen molar-refractivity contribution in [2.45, 2.75) is 39.7 Å². The van der Waals surface area contributed by atoms with E-state index < -0.39 is 5.97 Å². The van der Waals surface area contributed by atoms with Crippen molar-refractivity contribution in [3.8, 4) is 0 Å². The normalized spacial score (nSPS) is 10.5. The van der Waals surface area contributed by atoms with Crippen LogP contribution in [0.15, 0.2) is 24.3 Å². The van der Waals surface area contributed by atoms with E-state index in [2.05, 4.69) is 6.92 Å². The molecule has 0 saturated carbocycles. The summed E-state index contributed by atoms with van der Waals surface area (Å²) in [7, 11) is 0. The molecule has 19 heavy (non-hydrogen) atoms. The number of hydrogen-bond donors (Lipinski definition) is 1. The predicted molar refractivity (Wildman–Crippen MR) is 74.0 cm³/mol. The van der Waals surface area contributed by atoms with Crippen LogP contribution in [0, 0.1) is 0 Å². The van der Waals surface area contributed by atoms with Crippen molar-refractivity contribution in [3.05, 3.63) is 35.4 Å². The van der Waals surface area contributed by atoms with E-state index in [0.717, 1.165) is 12.0 Å². The Morgan fingerprint density at radius 2 is 1.89 bits per heavy atom. The van der Waals surface area contributed by atoms with E-state index in [4.69, 9.17) is 5.11 Å². The summed E-state index contributed by atoms with van der Waals surface area (Å²) in [4.78, 5) is 24.3. The van der Waals surface area contributed by atoms with Crippen LogP contribution >= 0.6 is 0 Å². The first-order valence-corrected chi connectivity index (χ1v) is 6.53. The zero-order valence-corrected chi connectivity index (χ0v) is 11.7. The van der Waals surface area contributed by atoms with Crippen molar-refractivity contribution in [1.29, 1.82) is 0 Å². The van der Waals surface area contributed by atoms with Gasteiger partial charge in [0, 0.05) is 6.04 Å². The van der Waals surface area contributed by atoms with Crippen LogP contribution in [-0.4, -0.2) is 34.5 Å². The number of carboxylic acids is 1. The lowest BCUT2D eigenvalue weighted by Crippen LogP contribution is -2.41. The van der Waals surface area contributed by atoms with E-state index in [0.29, 0.717) is 0 Å². The maximum absolute atomic E-state index is 12.2. The Kier molecular flexibility index (Phi) is 5.55. The van der Waals surface area contributed by atoms with Crippen molar-refractivity contribution in [2.24, 2.45) is 0 Å². The highest BCUT2D eigenvalue weighted by Crippen LogP contribution is 2.09. The van der Waals surface area contributed by atoms with Crippen molar-refractivity contribution < 1.29 is 14.7 Å². The summed E-state index contributed by atoms with van der Waals surface area (Å²) in [5.41, 5.74) is 2.11. The van der Waals surface area contributed by atoms with Crippen LogP contribution in [0.1, 0.15) is 31.9 Å². The van der Waals surface area contributed by atoms with Crippen molar-refractivity contribution >= 4 is 11.9 Å². The molecule has 1 amide bonds. The van der Waals surface area contributed by atoms with Crippen LogP contribution < -0.4 is 0 Å². The molecule has 0 unspecified atom stereocenters. The summed E-state index contributed by atoms with van der Waals surface area (Å²) in [6.45, 7) is 5.46. The molecule has 0 heterocycles. The molecular weight excluding hydrogens is 242 g/mol. The monoisotopic (exact) mass is 263 g/mol. The van der Waals surface area contributed by atoms with Crippen LogP contribution in [0.3, 0.4) is 0 Å². The van der Waals surface area contributed by atoms with Gasteiger partial charge in [0.2, 0.25) is 5.91 Å². The lowest BCUT2D eigenvalue weighted by atomic mass is 10.1. The maximum Gasteiger partial charge on any atom is 0.323 e. The summed E-state index contributed by atoms with van der Waals surface area (Å²) in [5, 5.41) is 8.84. The molecular formula is C15H21NO3. The fraction of sp³-hybridized carbons (Fsp3) is 0.467. The first kappa shape index (κ1) is 15.2. The number of rotatable bonds is 6. The molecule has 0 fully saturated rings. The first-order chi connectivity index (χ1) is 8.93. The molecule has 1 rings (SSSR count). The highest BCUT2D eigenvalue weighted by atomic mass is 16.4. The zero-order chi connectivity index (χ0) is 14.4. The molecule has 0 aliphatic carbocycles. The van der Waals surface area contributed by atoms with Gasteiger partial charge < -0.3 is 10.0 Å². The van der Waals surface area contributed by atoms with Crippen LogP contribution in [0.4, 0.5) is 0 Å². The zero-order valence-electron chi connectivity index (χ0n) is 11.7. The number of benzene rings is 1. The molecule has 0 saturated heterocycles. The van der Waals surface area contributed by atoms with Gasteiger partial charge in [-0.15, -0.1) is 0 Å². The maximum atomic E-state index is 12.2. The standard InChI is InChI=1S/C15H21NO3/c1-4-12-6-5-7-13(8-12)9-14(17)16(11(2)3)10-15(18)19/h5-8,11H,4,9-10H2,1-3H3,(H,18,19). The van der Waals surface area contributed by atoms with E-state index in [1.54, 1.807) is 0 Å². The number of aliphatic carboxylic acids is 1. The average Bonchev–Trinajstić information content (AvgIpc) is 2.35. The second-order valence-corrected chi connectivity index (χ2v) is 4.86. The molecule has 0 radical (unpaired) electrons. The minimum Gasteiger partial charge on any atom is -0.480 e.